The maximum absolute atomic E-state index is 12.7. The summed E-state index contributed by atoms with van der Waals surface area (Å²) in [6.45, 7) is 1.78. The van der Waals surface area contributed by atoms with Gasteiger partial charge in [0.05, 0.1) is 11.8 Å². The fraction of sp³-hybridized carbons (Fsp3) is 0.0741. The summed E-state index contributed by atoms with van der Waals surface area (Å²) in [4.78, 5) is 24.8. The molecule has 0 saturated heterocycles. The number of carbonyl (C=O) groups is 2. The molecule has 6 heteroatoms. The lowest BCUT2D eigenvalue weighted by Crippen LogP contribution is -2.24. The van der Waals surface area contributed by atoms with Crippen LogP contribution in [0.25, 0.3) is 10.8 Å². The van der Waals surface area contributed by atoms with Gasteiger partial charge in [-0.05, 0) is 48.0 Å². The molecule has 0 aromatic heterocycles. The van der Waals surface area contributed by atoms with Crippen molar-refractivity contribution in [2.24, 2.45) is 5.10 Å². The van der Waals surface area contributed by atoms with Gasteiger partial charge >= 0.3 is 5.97 Å². The van der Waals surface area contributed by atoms with Crippen LogP contribution in [-0.4, -0.2) is 24.7 Å². The summed E-state index contributed by atoms with van der Waals surface area (Å²) in [5, 5.41) is 5.85. The summed E-state index contributed by atoms with van der Waals surface area (Å²) in [6, 6.07) is 27.4. The quantitative estimate of drug-likeness (QED) is 0.193. The van der Waals surface area contributed by atoms with Crippen LogP contribution in [0.5, 0.6) is 11.5 Å². The predicted molar refractivity (Wildman–Crippen MR) is 128 cm³/mol. The van der Waals surface area contributed by atoms with Gasteiger partial charge in [0, 0.05) is 5.56 Å². The molecular formula is C27H22N2O4. The minimum Gasteiger partial charge on any atom is -0.484 e. The molecular weight excluding hydrogens is 416 g/mol. The molecule has 0 aliphatic heterocycles. The number of hydrogen-bond donors (Lipinski definition) is 1. The van der Waals surface area contributed by atoms with Crippen molar-refractivity contribution >= 4 is 28.9 Å². The summed E-state index contributed by atoms with van der Waals surface area (Å²) in [5.74, 6) is 0.0579. The number of aryl methyl sites for hydroxylation is 1. The molecule has 0 unspecified atom stereocenters. The summed E-state index contributed by atoms with van der Waals surface area (Å²) in [6.07, 6.45) is 1.47. The topological polar surface area (TPSA) is 77.0 Å². The molecule has 164 valence electrons. The highest BCUT2D eigenvalue weighted by molar-refractivity contribution is 6.04. The standard InChI is InChI=1S/C27H22N2O4/c1-19-11-13-21(14-12-19)27(31)33-25-16-15-20-7-5-6-10-23(20)24(25)17-28-29-26(30)18-32-22-8-3-2-4-9-22/h2-17H,18H2,1H3,(H,29,30)/b28-17-. The van der Waals surface area contributed by atoms with E-state index in [1.54, 1.807) is 30.3 Å². The lowest BCUT2D eigenvalue weighted by atomic mass is 10.0. The molecule has 0 spiro atoms. The highest BCUT2D eigenvalue weighted by Gasteiger charge is 2.13. The maximum atomic E-state index is 12.7. The van der Waals surface area contributed by atoms with Crippen molar-refractivity contribution < 1.29 is 19.1 Å². The van der Waals surface area contributed by atoms with E-state index in [1.807, 2.05) is 67.6 Å². The second kappa shape index (κ2) is 10.2. The lowest BCUT2D eigenvalue weighted by Gasteiger charge is -2.11. The van der Waals surface area contributed by atoms with Crippen LogP contribution >= 0.6 is 0 Å². The fourth-order valence-electron chi connectivity index (χ4n) is 3.21. The van der Waals surface area contributed by atoms with E-state index in [1.165, 1.54) is 6.21 Å². The zero-order valence-corrected chi connectivity index (χ0v) is 18.0. The van der Waals surface area contributed by atoms with Crippen molar-refractivity contribution in [2.75, 3.05) is 6.61 Å². The average Bonchev–Trinajstić information content (AvgIpc) is 2.85. The number of fused-ring (bicyclic) bond motifs is 1. The molecule has 0 bridgehead atoms. The minimum absolute atomic E-state index is 0.174. The number of para-hydroxylation sites is 1. The number of nitrogens with zero attached hydrogens (tertiary/aromatic N) is 1. The Morgan fingerprint density at radius 2 is 1.61 bits per heavy atom. The van der Waals surface area contributed by atoms with Crippen molar-refractivity contribution in [3.63, 3.8) is 0 Å². The summed E-state index contributed by atoms with van der Waals surface area (Å²) >= 11 is 0. The van der Waals surface area contributed by atoms with Crippen LogP contribution in [0, 0.1) is 6.92 Å². The highest BCUT2D eigenvalue weighted by atomic mass is 16.5. The van der Waals surface area contributed by atoms with Gasteiger partial charge < -0.3 is 9.47 Å². The summed E-state index contributed by atoms with van der Waals surface area (Å²) in [5.41, 5.74) is 4.53. The SMILES string of the molecule is Cc1ccc(C(=O)Oc2ccc3ccccc3c2/C=N\NC(=O)COc2ccccc2)cc1. The van der Waals surface area contributed by atoms with Gasteiger partial charge in [-0.1, -0.05) is 66.2 Å². The smallest absolute Gasteiger partial charge is 0.343 e. The molecule has 0 saturated carbocycles. The number of rotatable bonds is 7. The summed E-state index contributed by atoms with van der Waals surface area (Å²) in [7, 11) is 0. The van der Waals surface area contributed by atoms with Crippen molar-refractivity contribution in [3.05, 3.63) is 108 Å². The van der Waals surface area contributed by atoms with Crippen molar-refractivity contribution in [2.45, 2.75) is 6.92 Å². The number of benzene rings is 4. The van der Waals surface area contributed by atoms with Crippen LogP contribution in [0.2, 0.25) is 0 Å². The highest BCUT2D eigenvalue weighted by Crippen LogP contribution is 2.27. The van der Waals surface area contributed by atoms with E-state index in [2.05, 4.69) is 10.5 Å². The van der Waals surface area contributed by atoms with Gasteiger partial charge in [0.25, 0.3) is 5.91 Å². The van der Waals surface area contributed by atoms with Crippen molar-refractivity contribution in [3.8, 4) is 11.5 Å². The Labute approximate surface area is 191 Å². The van der Waals surface area contributed by atoms with Crippen LogP contribution < -0.4 is 14.9 Å². The van der Waals surface area contributed by atoms with Gasteiger partial charge in [0.1, 0.15) is 11.5 Å². The van der Waals surface area contributed by atoms with Crippen LogP contribution in [0.1, 0.15) is 21.5 Å². The average molecular weight is 438 g/mol. The van der Waals surface area contributed by atoms with E-state index in [9.17, 15) is 9.59 Å². The van der Waals surface area contributed by atoms with Crippen LogP contribution in [0.3, 0.4) is 0 Å². The molecule has 1 amide bonds. The fourth-order valence-corrected chi connectivity index (χ4v) is 3.21. The van der Waals surface area contributed by atoms with Crippen LogP contribution in [0.15, 0.2) is 96.1 Å². The van der Waals surface area contributed by atoms with Crippen LogP contribution in [-0.2, 0) is 4.79 Å². The second-order valence-electron chi connectivity index (χ2n) is 7.35. The van der Waals surface area contributed by atoms with Gasteiger partial charge in [0.15, 0.2) is 6.61 Å². The Morgan fingerprint density at radius 3 is 2.39 bits per heavy atom. The molecule has 0 aliphatic carbocycles. The van der Waals surface area contributed by atoms with Crippen molar-refractivity contribution in [1.82, 2.24) is 5.43 Å². The van der Waals surface area contributed by atoms with E-state index in [0.29, 0.717) is 22.6 Å². The molecule has 33 heavy (non-hydrogen) atoms. The van der Waals surface area contributed by atoms with Crippen molar-refractivity contribution in [1.29, 1.82) is 0 Å². The molecule has 0 fully saturated rings. The van der Waals surface area contributed by atoms with E-state index < -0.39 is 11.9 Å². The monoisotopic (exact) mass is 438 g/mol. The Bertz CT molecular complexity index is 1300. The molecule has 0 heterocycles. The molecule has 4 aromatic rings. The van der Waals surface area contributed by atoms with E-state index in [-0.39, 0.29) is 6.61 Å². The molecule has 4 aromatic carbocycles. The number of hydrogen-bond acceptors (Lipinski definition) is 5. The second-order valence-corrected chi connectivity index (χ2v) is 7.35. The third-order valence-corrected chi connectivity index (χ3v) is 4.92. The first-order valence-electron chi connectivity index (χ1n) is 10.4. The van der Waals surface area contributed by atoms with Gasteiger partial charge in [-0.3, -0.25) is 4.79 Å². The van der Waals surface area contributed by atoms with Gasteiger partial charge in [-0.15, -0.1) is 0 Å². The number of ether oxygens (including phenoxy) is 2. The van der Waals surface area contributed by atoms with E-state index in [0.717, 1.165) is 16.3 Å². The number of carbonyl (C=O) groups excluding carboxylic acids is 2. The summed E-state index contributed by atoms with van der Waals surface area (Å²) < 4.78 is 11.1. The number of esters is 1. The predicted octanol–water partition coefficient (Wildman–Crippen LogP) is 4.90. The normalized spacial score (nSPS) is 10.8. The first kappa shape index (κ1) is 21.8. The molecule has 0 aliphatic rings. The van der Waals surface area contributed by atoms with E-state index in [4.69, 9.17) is 9.47 Å². The number of amides is 1. The lowest BCUT2D eigenvalue weighted by molar-refractivity contribution is -0.123. The zero-order valence-electron chi connectivity index (χ0n) is 18.0. The Balaban J connectivity index is 1.51. The van der Waals surface area contributed by atoms with Gasteiger partial charge in [0.2, 0.25) is 0 Å². The number of nitrogens with one attached hydrogen (secondary N) is 1. The molecule has 6 nitrogen and oxygen atoms in total. The first-order chi connectivity index (χ1) is 16.1. The largest absolute Gasteiger partial charge is 0.484 e. The maximum Gasteiger partial charge on any atom is 0.343 e. The molecule has 1 N–H and O–H groups in total. The zero-order chi connectivity index (χ0) is 23.0. The minimum atomic E-state index is -0.472. The van der Waals surface area contributed by atoms with E-state index >= 15 is 0 Å². The first-order valence-corrected chi connectivity index (χ1v) is 10.4. The third kappa shape index (κ3) is 5.62. The molecule has 0 radical (unpaired) electrons. The van der Waals surface area contributed by atoms with Crippen LogP contribution in [0.4, 0.5) is 0 Å². The van der Waals surface area contributed by atoms with Gasteiger partial charge in [-0.2, -0.15) is 5.10 Å². The molecule has 0 atom stereocenters. The third-order valence-electron chi connectivity index (χ3n) is 4.92. The van der Waals surface area contributed by atoms with Gasteiger partial charge in [-0.25, -0.2) is 10.2 Å². The number of hydrazone groups is 1. The Kier molecular flexibility index (Phi) is 6.75. The Morgan fingerprint density at radius 1 is 0.879 bits per heavy atom. The Hall–Kier alpha value is -4.45. The molecule has 4 rings (SSSR count).